The molecule has 4 nitrogen and oxygen atoms in total. The molecule has 0 radical (unpaired) electrons. The van der Waals surface area contributed by atoms with E-state index in [9.17, 15) is 0 Å². The molecule has 0 saturated heterocycles. The van der Waals surface area contributed by atoms with Gasteiger partial charge in [0.2, 0.25) is 0 Å². The quantitative estimate of drug-likeness (QED) is 0.858. The molecule has 0 saturated carbocycles. The first-order valence-electron chi connectivity index (χ1n) is 5.38. The van der Waals surface area contributed by atoms with Gasteiger partial charge in [-0.3, -0.25) is 10.00 Å². The van der Waals surface area contributed by atoms with E-state index in [0.29, 0.717) is 17.6 Å². The minimum absolute atomic E-state index is 0.137. The topological polar surface area (TPSA) is 53.6 Å². The summed E-state index contributed by atoms with van der Waals surface area (Å²) >= 11 is 5.90. The van der Waals surface area contributed by atoms with Crippen molar-refractivity contribution in [1.82, 2.24) is 15.1 Å². The van der Waals surface area contributed by atoms with Crippen LogP contribution < -0.4 is 5.32 Å². The Morgan fingerprint density at radius 3 is 2.75 bits per heavy atom. The third kappa shape index (κ3) is 3.51. The fraction of sp³-hybridized carbons (Fsp3) is 0.636. The van der Waals surface area contributed by atoms with Crippen LogP contribution >= 0.6 is 11.6 Å². The molecule has 0 aliphatic heterocycles. The maximum absolute atomic E-state index is 8.96. The van der Waals surface area contributed by atoms with Gasteiger partial charge in [-0.15, -0.1) is 0 Å². The summed E-state index contributed by atoms with van der Waals surface area (Å²) in [5.74, 6) is 0. The molecule has 1 heterocycles. The Hall–Kier alpha value is -1.05. The van der Waals surface area contributed by atoms with E-state index in [2.05, 4.69) is 16.5 Å². The summed E-state index contributed by atoms with van der Waals surface area (Å²) in [6.07, 6.45) is 2.36. The van der Waals surface area contributed by atoms with Crippen molar-refractivity contribution in [2.75, 3.05) is 0 Å². The van der Waals surface area contributed by atoms with E-state index < -0.39 is 0 Å². The van der Waals surface area contributed by atoms with Crippen molar-refractivity contribution in [3.8, 4) is 6.07 Å². The van der Waals surface area contributed by atoms with Gasteiger partial charge in [-0.2, -0.15) is 10.4 Å². The van der Waals surface area contributed by atoms with Gasteiger partial charge in [0.05, 0.1) is 29.0 Å². The normalized spacial score (nSPS) is 12.8. The van der Waals surface area contributed by atoms with Crippen molar-refractivity contribution in [3.63, 3.8) is 0 Å². The fourth-order valence-corrected chi connectivity index (χ4v) is 1.63. The third-order valence-electron chi connectivity index (χ3n) is 2.36. The Morgan fingerprint density at radius 2 is 2.31 bits per heavy atom. The summed E-state index contributed by atoms with van der Waals surface area (Å²) in [5, 5.41) is 17.0. The van der Waals surface area contributed by atoms with Crippen LogP contribution in [0.5, 0.6) is 0 Å². The number of aryl methyl sites for hydroxylation is 1. The van der Waals surface area contributed by atoms with Gasteiger partial charge in [-0.25, -0.2) is 0 Å². The van der Waals surface area contributed by atoms with Crippen molar-refractivity contribution in [2.24, 2.45) is 0 Å². The second-order valence-corrected chi connectivity index (χ2v) is 4.50. The molecule has 1 atom stereocenters. The highest BCUT2D eigenvalue weighted by Gasteiger charge is 2.10. The first-order chi connectivity index (χ1) is 7.54. The average molecular weight is 241 g/mol. The number of nitrogens with one attached hydrogen (secondary N) is 1. The number of nitrogens with zero attached hydrogens (tertiary/aromatic N) is 3. The monoisotopic (exact) mass is 240 g/mol. The summed E-state index contributed by atoms with van der Waals surface area (Å²) in [5.41, 5.74) is 0.947. The Labute approximate surface area is 101 Å². The largest absolute Gasteiger partial charge is 0.300 e. The Morgan fingerprint density at radius 1 is 1.62 bits per heavy atom. The van der Waals surface area contributed by atoms with Gasteiger partial charge in [0.1, 0.15) is 0 Å². The number of hydrogen-bond acceptors (Lipinski definition) is 3. The smallest absolute Gasteiger partial charge is 0.0972 e. The van der Waals surface area contributed by atoms with Crippen LogP contribution in [0.4, 0.5) is 0 Å². The molecule has 0 aliphatic rings. The lowest BCUT2D eigenvalue weighted by Crippen LogP contribution is -2.34. The van der Waals surface area contributed by atoms with Crippen molar-refractivity contribution in [2.45, 2.75) is 45.8 Å². The van der Waals surface area contributed by atoms with E-state index in [1.165, 1.54) is 0 Å². The van der Waals surface area contributed by atoms with E-state index in [-0.39, 0.29) is 6.04 Å². The summed E-state index contributed by atoms with van der Waals surface area (Å²) in [6, 6.07) is 2.42. The highest BCUT2D eigenvalue weighted by atomic mass is 35.5. The lowest BCUT2D eigenvalue weighted by Gasteiger charge is -2.14. The van der Waals surface area contributed by atoms with Crippen LogP contribution in [0.15, 0.2) is 6.20 Å². The summed E-state index contributed by atoms with van der Waals surface area (Å²) in [6.45, 7) is 6.68. The minimum atomic E-state index is -0.137. The molecular formula is C11H17ClN4. The number of halogens is 1. The second kappa shape index (κ2) is 5.88. The van der Waals surface area contributed by atoms with E-state index in [1.807, 2.05) is 25.5 Å². The van der Waals surface area contributed by atoms with Gasteiger partial charge in [0.15, 0.2) is 0 Å². The minimum Gasteiger partial charge on any atom is -0.300 e. The summed E-state index contributed by atoms with van der Waals surface area (Å²) in [7, 11) is 0. The predicted molar refractivity (Wildman–Crippen MR) is 64.3 cm³/mol. The van der Waals surface area contributed by atoms with Crippen LogP contribution in [-0.2, 0) is 6.54 Å². The molecule has 1 N–H and O–H groups in total. The predicted octanol–water partition coefficient (Wildman–Crippen LogP) is 2.13. The summed E-state index contributed by atoms with van der Waals surface area (Å²) < 4.78 is 1.83. The molecule has 16 heavy (non-hydrogen) atoms. The average Bonchev–Trinajstić information content (AvgIpc) is 2.54. The van der Waals surface area contributed by atoms with Crippen LogP contribution in [-0.4, -0.2) is 21.9 Å². The fourth-order valence-electron chi connectivity index (χ4n) is 1.49. The van der Waals surface area contributed by atoms with E-state index in [0.717, 1.165) is 12.1 Å². The zero-order valence-corrected chi connectivity index (χ0v) is 10.6. The zero-order chi connectivity index (χ0) is 12.1. The van der Waals surface area contributed by atoms with Crippen LogP contribution in [0, 0.1) is 18.3 Å². The maximum Gasteiger partial charge on any atom is 0.0972 e. The Balaban J connectivity index is 2.50. The molecular weight excluding hydrogens is 224 g/mol. The van der Waals surface area contributed by atoms with E-state index in [4.69, 9.17) is 16.9 Å². The second-order valence-electron chi connectivity index (χ2n) is 4.09. The lowest BCUT2D eigenvalue weighted by molar-refractivity contribution is 0.458. The van der Waals surface area contributed by atoms with Crippen molar-refractivity contribution in [3.05, 3.63) is 16.9 Å². The van der Waals surface area contributed by atoms with Gasteiger partial charge < -0.3 is 0 Å². The number of nitriles is 1. The molecule has 0 aromatic carbocycles. The molecule has 1 aromatic rings. The summed E-state index contributed by atoms with van der Waals surface area (Å²) in [4.78, 5) is 0. The number of hydrogen-bond donors (Lipinski definition) is 1. The number of aromatic nitrogens is 2. The van der Waals surface area contributed by atoms with Gasteiger partial charge in [-0.1, -0.05) is 11.6 Å². The van der Waals surface area contributed by atoms with E-state index in [1.54, 1.807) is 6.20 Å². The first kappa shape index (κ1) is 13.0. The van der Waals surface area contributed by atoms with Gasteiger partial charge in [-0.05, 0) is 27.2 Å². The lowest BCUT2D eigenvalue weighted by atomic mass is 10.2. The number of rotatable bonds is 5. The van der Waals surface area contributed by atoms with E-state index >= 15 is 0 Å². The zero-order valence-electron chi connectivity index (χ0n) is 9.87. The molecule has 1 rings (SSSR count). The molecule has 0 amide bonds. The molecule has 88 valence electrons. The van der Waals surface area contributed by atoms with Crippen molar-refractivity contribution < 1.29 is 0 Å². The van der Waals surface area contributed by atoms with Crippen LogP contribution in [0.1, 0.15) is 26.0 Å². The van der Waals surface area contributed by atoms with Crippen LogP contribution in [0.2, 0.25) is 5.02 Å². The standard InChI is InChI=1S/C11H17ClN4/c1-8(2)15-10(6-13)4-5-16-9(3)11(12)7-14-16/h7-8,10,15H,4-5H2,1-3H3. The van der Waals surface area contributed by atoms with Gasteiger partial charge in [0.25, 0.3) is 0 Å². The first-order valence-corrected chi connectivity index (χ1v) is 5.76. The van der Waals surface area contributed by atoms with Gasteiger partial charge in [0, 0.05) is 12.6 Å². The molecule has 1 unspecified atom stereocenters. The molecule has 5 heteroatoms. The highest BCUT2D eigenvalue weighted by molar-refractivity contribution is 6.31. The maximum atomic E-state index is 8.96. The molecule has 0 spiro atoms. The Kier molecular flexibility index (Phi) is 4.78. The van der Waals surface area contributed by atoms with Gasteiger partial charge >= 0.3 is 0 Å². The third-order valence-corrected chi connectivity index (χ3v) is 2.73. The van der Waals surface area contributed by atoms with Crippen LogP contribution in [0.3, 0.4) is 0 Å². The highest BCUT2D eigenvalue weighted by Crippen LogP contribution is 2.13. The Bertz CT molecular complexity index is 378. The molecule has 1 aromatic heterocycles. The molecule has 0 bridgehead atoms. The van der Waals surface area contributed by atoms with Crippen LogP contribution in [0.25, 0.3) is 0 Å². The van der Waals surface area contributed by atoms with Crippen molar-refractivity contribution in [1.29, 1.82) is 5.26 Å². The molecule has 0 aliphatic carbocycles. The van der Waals surface area contributed by atoms with Crippen molar-refractivity contribution >= 4 is 11.6 Å². The molecule has 0 fully saturated rings. The SMILES string of the molecule is Cc1c(Cl)cnn1CCC(C#N)NC(C)C.